The summed E-state index contributed by atoms with van der Waals surface area (Å²) in [6.07, 6.45) is 7.96. The van der Waals surface area contributed by atoms with Gasteiger partial charge < -0.3 is 0 Å². The van der Waals surface area contributed by atoms with E-state index in [1.54, 1.807) is 0 Å². The molecule has 4 aliphatic carbocycles. The molecule has 1 N–H and O–H groups in total. The maximum Gasteiger partial charge on any atom is 0.125 e. The minimum atomic E-state index is -1.10. The van der Waals surface area contributed by atoms with Crippen LogP contribution < -0.4 is 4.72 Å². The highest BCUT2D eigenvalue weighted by Crippen LogP contribution is 2.55. The highest BCUT2D eigenvalue weighted by atomic mass is 32.2. The predicted molar refractivity (Wildman–Crippen MR) is 94.4 cm³/mol. The van der Waals surface area contributed by atoms with E-state index in [-0.39, 0.29) is 5.54 Å². The van der Waals surface area contributed by atoms with Gasteiger partial charge in [-0.15, -0.1) is 0 Å². The molecule has 0 saturated heterocycles. The molecule has 0 radical (unpaired) electrons. The van der Waals surface area contributed by atoms with Crippen LogP contribution in [0.1, 0.15) is 38.5 Å². The van der Waals surface area contributed by atoms with Gasteiger partial charge >= 0.3 is 0 Å². The molecule has 2 aromatic carbocycles. The number of hydrogen-bond acceptors (Lipinski definition) is 1. The second-order valence-electron chi connectivity index (χ2n) is 8.08. The van der Waals surface area contributed by atoms with E-state index in [2.05, 4.69) is 29.0 Å². The SMILES string of the molecule is O=[S@@](NC12CC3CC(CC(C3)C1)C2)c1ccc2ccccc2c1. The summed E-state index contributed by atoms with van der Waals surface area (Å²) in [5, 5.41) is 2.38. The Morgan fingerprint density at radius 3 is 2.13 bits per heavy atom. The Morgan fingerprint density at radius 1 is 0.870 bits per heavy atom. The van der Waals surface area contributed by atoms with E-state index < -0.39 is 11.0 Å². The summed E-state index contributed by atoms with van der Waals surface area (Å²) in [6.45, 7) is 0. The van der Waals surface area contributed by atoms with Gasteiger partial charge in [0.2, 0.25) is 0 Å². The lowest BCUT2D eigenvalue weighted by Gasteiger charge is -2.56. The summed E-state index contributed by atoms with van der Waals surface area (Å²) in [5.41, 5.74) is 0.144. The van der Waals surface area contributed by atoms with Crippen molar-refractivity contribution >= 4 is 21.8 Å². The van der Waals surface area contributed by atoms with Gasteiger partial charge in [0.05, 0.1) is 4.90 Å². The van der Waals surface area contributed by atoms with Crippen molar-refractivity contribution in [2.24, 2.45) is 17.8 Å². The number of benzene rings is 2. The third-order valence-corrected chi connectivity index (χ3v) is 7.58. The van der Waals surface area contributed by atoms with Crippen molar-refractivity contribution in [3.63, 3.8) is 0 Å². The quantitative estimate of drug-likeness (QED) is 0.889. The van der Waals surface area contributed by atoms with E-state index in [9.17, 15) is 4.21 Å². The Balaban J connectivity index is 1.42. The number of nitrogens with one attached hydrogen (secondary N) is 1. The molecule has 0 aliphatic heterocycles. The van der Waals surface area contributed by atoms with Crippen LogP contribution in [0.25, 0.3) is 10.8 Å². The highest BCUT2D eigenvalue weighted by Gasteiger charge is 2.51. The van der Waals surface area contributed by atoms with Crippen LogP contribution in [0.2, 0.25) is 0 Å². The van der Waals surface area contributed by atoms with Crippen LogP contribution >= 0.6 is 0 Å². The lowest BCUT2D eigenvalue weighted by molar-refractivity contribution is -0.00748. The highest BCUT2D eigenvalue weighted by molar-refractivity contribution is 7.83. The van der Waals surface area contributed by atoms with Gasteiger partial charge in [0, 0.05) is 5.54 Å². The number of fused-ring (bicyclic) bond motifs is 1. The van der Waals surface area contributed by atoms with Crippen molar-refractivity contribution in [1.29, 1.82) is 0 Å². The molecule has 3 heteroatoms. The zero-order chi connectivity index (χ0) is 15.4. The summed E-state index contributed by atoms with van der Waals surface area (Å²) < 4.78 is 16.6. The van der Waals surface area contributed by atoms with Crippen LogP contribution in [0.3, 0.4) is 0 Å². The summed E-state index contributed by atoms with van der Waals surface area (Å²) in [6, 6.07) is 14.5. The van der Waals surface area contributed by atoms with Gasteiger partial charge in [-0.25, -0.2) is 8.93 Å². The molecular formula is C20H23NOS. The lowest BCUT2D eigenvalue weighted by atomic mass is 9.53. The van der Waals surface area contributed by atoms with Gasteiger partial charge in [-0.3, -0.25) is 0 Å². The molecule has 120 valence electrons. The van der Waals surface area contributed by atoms with Crippen molar-refractivity contribution in [2.75, 3.05) is 0 Å². The molecule has 1 atom stereocenters. The van der Waals surface area contributed by atoms with Crippen molar-refractivity contribution in [3.05, 3.63) is 42.5 Å². The average Bonchev–Trinajstić information content (AvgIpc) is 2.52. The standard InChI is InChI=1S/C20H23NOS/c22-23(19-6-5-17-3-1-2-4-18(17)10-19)21-20-11-14-7-15(12-20)9-16(8-14)13-20/h1-6,10,14-16,21H,7-9,11-13H2/t14?,15?,16?,20?,23-/m1/s1. The molecule has 4 bridgehead atoms. The lowest BCUT2D eigenvalue weighted by Crippen LogP contribution is -2.58. The fourth-order valence-corrected chi connectivity index (χ4v) is 6.96. The summed E-state index contributed by atoms with van der Waals surface area (Å²) in [4.78, 5) is 0.916. The first-order chi connectivity index (χ1) is 11.2. The fraction of sp³-hybridized carbons (Fsp3) is 0.500. The maximum atomic E-state index is 13.0. The Morgan fingerprint density at radius 2 is 1.48 bits per heavy atom. The van der Waals surface area contributed by atoms with Crippen molar-refractivity contribution in [1.82, 2.24) is 4.72 Å². The van der Waals surface area contributed by atoms with Crippen LogP contribution in [0, 0.1) is 17.8 Å². The Labute approximate surface area is 140 Å². The Kier molecular flexibility index (Phi) is 3.18. The van der Waals surface area contributed by atoms with Crippen molar-refractivity contribution in [2.45, 2.75) is 49.0 Å². The molecule has 0 spiro atoms. The minimum absolute atomic E-state index is 0.144. The molecule has 0 amide bonds. The van der Waals surface area contributed by atoms with E-state index >= 15 is 0 Å². The monoisotopic (exact) mass is 325 g/mol. The van der Waals surface area contributed by atoms with Gasteiger partial charge in [-0.05, 0) is 79.2 Å². The molecule has 4 fully saturated rings. The summed E-state index contributed by atoms with van der Waals surface area (Å²) in [5.74, 6) is 2.63. The first-order valence-corrected chi connectivity index (χ1v) is 10.0. The maximum absolute atomic E-state index is 13.0. The predicted octanol–water partition coefficient (Wildman–Crippen LogP) is 4.42. The van der Waals surface area contributed by atoms with Crippen molar-refractivity contribution in [3.8, 4) is 0 Å². The molecule has 2 aromatic rings. The second kappa shape index (κ2) is 5.15. The Hall–Kier alpha value is -1.19. The first-order valence-electron chi connectivity index (χ1n) is 8.88. The van der Waals surface area contributed by atoms with E-state index in [0.29, 0.717) is 0 Å². The molecule has 0 aromatic heterocycles. The van der Waals surface area contributed by atoms with E-state index in [0.717, 1.165) is 22.6 Å². The third kappa shape index (κ3) is 2.45. The van der Waals surface area contributed by atoms with Crippen molar-refractivity contribution < 1.29 is 4.21 Å². The van der Waals surface area contributed by atoms with Crippen LogP contribution in [0.5, 0.6) is 0 Å². The molecule has 0 heterocycles. The normalized spacial score (nSPS) is 36.4. The van der Waals surface area contributed by atoms with Crippen LogP contribution in [-0.2, 0) is 11.0 Å². The topological polar surface area (TPSA) is 29.1 Å². The molecule has 23 heavy (non-hydrogen) atoms. The summed E-state index contributed by atoms with van der Waals surface area (Å²) in [7, 11) is -1.10. The molecule has 4 saturated carbocycles. The van der Waals surface area contributed by atoms with Gasteiger partial charge in [-0.1, -0.05) is 30.3 Å². The van der Waals surface area contributed by atoms with E-state index in [4.69, 9.17) is 0 Å². The van der Waals surface area contributed by atoms with E-state index in [1.165, 1.54) is 49.3 Å². The Bertz CT molecular complexity index is 749. The number of rotatable bonds is 3. The van der Waals surface area contributed by atoms with Gasteiger partial charge in [0.1, 0.15) is 11.0 Å². The molecular weight excluding hydrogens is 302 g/mol. The first kappa shape index (κ1) is 14.2. The third-order valence-electron chi connectivity index (χ3n) is 6.28. The minimum Gasteiger partial charge on any atom is -0.237 e. The van der Waals surface area contributed by atoms with Gasteiger partial charge in [0.15, 0.2) is 0 Å². The van der Waals surface area contributed by atoms with Crippen LogP contribution in [0.4, 0.5) is 0 Å². The van der Waals surface area contributed by atoms with Crippen LogP contribution in [0.15, 0.2) is 47.4 Å². The largest absolute Gasteiger partial charge is 0.237 e. The number of hydrogen-bond donors (Lipinski definition) is 1. The molecule has 6 rings (SSSR count). The second-order valence-corrected chi connectivity index (χ2v) is 9.29. The average molecular weight is 325 g/mol. The van der Waals surface area contributed by atoms with Gasteiger partial charge in [-0.2, -0.15) is 0 Å². The smallest absolute Gasteiger partial charge is 0.125 e. The molecule has 0 unspecified atom stereocenters. The zero-order valence-electron chi connectivity index (χ0n) is 13.3. The molecule has 2 nitrogen and oxygen atoms in total. The van der Waals surface area contributed by atoms with E-state index in [1.807, 2.05) is 18.2 Å². The fourth-order valence-electron chi connectivity index (χ4n) is 5.77. The summed E-state index contributed by atoms with van der Waals surface area (Å²) >= 11 is 0. The zero-order valence-corrected chi connectivity index (χ0v) is 14.1. The van der Waals surface area contributed by atoms with Crippen LogP contribution in [-0.4, -0.2) is 9.75 Å². The molecule has 4 aliphatic rings. The van der Waals surface area contributed by atoms with Gasteiger partial charge in [0.25, 0.3) is 0 Å².